The van der Waals surface area contributed by atoms with Gasteiger partial charge in [-0.3, -0.25) is 0 Å². The molecule has 0 aromatic heterocycles. The number of aliphatic imine (C=N–C) groups is 1. The molecule has 1 heterocycles. The van der Waals surface area contributed by atoms with Gasteiger partial charge in [-0.05, 0) is 35.9 Å². The minimum atomic E-state index is -0.671. The van der Waals surface area contributed by atoms with Crippen LogP contribution in [0.1, 0.15) is 5.56 Å². The highest BCUT2D eigenvalue weighted by molar-refractivity contribution is 8.18. The van der Waals surface area contributed by atoms with Crippen molar-refractivity contribution in [2.45, 2.75) is 0 Å². The first kappa shape index (κ1) is 18.6. The molecule has 0 atom stereocenters. The monoisotopic (exact) mass is 383 g/mol. The fourth-order valence-corrected chi connectivity index (χ4v) is 3.44. The van der Waals surface area contributed by atoms with Crippen LogP contribution in [0.15, 0.2) is 69.8 Å². The lowest BCUT2D eigenvalue weighted by molar-refractivity contribution is -0.135. The van der Waals surface area contributed by atoms with Gasteiger partial charge in [-0.2, -0.15) is 0 Å². The SMILES string of the molecule is COC(=O)C1=C(O)/C(=C\c2ccc(O)cc2)SC1=Nc1cccc(OC)c1. The van der Waals surface area contributed by atoms with Gasteiger partial charge in [-0.1, -0.05) is 30.0 Å². The van der Waals surface area contributed by atoms with Crippen LogP contribution < -0.4 is 4.74 Å². The smallest absolute Gasteiger partial charge is 0.344 e. The first-order chi connectivity index (χ1) is 13.0. The maximum Gasteiger partial charge on any atom is 0.344 e. The van der Waals surface area contributed by atoms with Crippen molar-refractivity contribution in [1.82, 2.24) is 0 Å². The summed E-state index contributed by atoms with van der Waals surface area (Å²) in [7, 11) is 2.80. The van der Waals surface area contributed by atoms with Crippen molar-refractivity contribution in [3.63, 3.8) is 0 Å². The third-order valence-electron chi connectivity index (χ3n) is 3.76. The summed E-state index contributed by atoms with van der Waals surface area (Å²) in [5.74, 6) is -0.0867. The highest BCUT2D eigenvalue weighted by Crippen LogP contribution is 2.40. The Labute approximate surface area is 160 Å². The van der Waals surface area contributed by atoms with Crippen LogP contribution in [0.4, 0.5) is 5.69 Å². The van der Waals surface area contributed by atoms with Crippen molar-refractivity contribution in [3.05, 3.63) is 70.3 Å². The second-order valence-electron chi connectivity index (χ2n) is 5.54. The predicted octanol–water partition coefficient (Wildman–Crippen LogP) is 4.20. The van der Waals surface area contributed by atoms with Crippen LogP contribution in [0.2, 0.25) is 0 Å². The number of thioether (sulfide) groups is 1. The molecule has 2 aromatic carbocycles. The van der Waals surface area contributed by atoms with Gasteiger partial charge in [0.15, 0.2) is 0 Å². The van der Waals surface area contributed by atoms with Crippen molar-refractivity contribution in [3.8, 4) is 11.5 Å². The van der Waals surface area contributed by atoms with Gasteiger partial charge in [0.2, 0.25) is 0 Å². The van der Waals surface area contributed by atoms with E-state index in [1.807, 2.05) is 0 Å². The zero-order valence-electron chi connectivity index (χ0n) is 14.7. The molecule has 138 valence electrons. The molecule has 0 unspecified atom stereocenters. The van der Waals surface area contributed by atoms with Crippen LogP contribution >= 0.6 is 11.8 Å². The lowest BCUT2D eigenvalue weighted by Crippen LogP contribution is -2.10. The fraction of sp³-hybridized carbons (Fsp3) is 0.100. The molecule has 0 spiro atoms. The number of aliphatic hydroxyl groups excluding tert-OH is 1. The Morgan fingerprint density at radius 1 is 1.11 bits per heavy atom. The van der Waals surface area contributed by atoms with Gasteiger partial charge in [-0.25, -0.2) is 9.79 Å². The van der Waals surface area contributed by atoms with E-state index in [4.69, 9.17) is 9.47 Å². The quantitative estimate of drug-likeness (QED) is 0.769. The summed E-state index contributed by atoms with van der Waals surface area (Å²) >= 11 is 1.16. The molecule has 2 N–H and O–H groups in total. The Morgan fingerprint density at radius 2 is 1.85 bits per heavy atom. The molecule has 7 heteroatoms. The number of rotatable bonds is 4. The van der Waals surface area contributed by atoms with E-state index in [1.165, 1.54) is 7.11 Å². The number of carbonyl (C=O) groups excluding carboxylic acids is 1. The van der Waals surface area contributed by atoms with Crippen molar-refractivity contribution in [2.75, 3.05) is 14.2 Å². The van der Waals surface area contributed by atoms with Gasteiger partial charge >= 0.3 is 5.97 Å². The van der Waals surface area contributed by atoms with Gasteiger partial charge in [0.1, 0.15) is 27.9 Å². The van der Waals surface area contributed by atoms with E-state index in [0.29, 0.717) is 21.4 Å². The van der Waals surface area contributed by atoms with E-state index < -0.39 is 5.97 Å². The molecule has 0 saturated heterocycles. The standard InChI is InChI=1S/C20H17NO5S/c1-25-15-5-3-4-13(11-15)21-19-17(20(24)26-2)18(23)16(27-19)10-12-6-8-14(22)9-7-12/h3-11,22-23H,1-2H3/b16-10+,21-19?. The number of esters is 1. The molecule has 6 nitrogen and oxygen atoms in total. The van der Waals surface area contributed by atoms with Gasteiger partial charge in [0.05, 0.1) is 24.8 Å². The largest absolute Gasteiger partial charge is 0.508 e. The van der Waals surface area contributed by atoms with Crippen LogP contribution in [0.3, 0.4) is 0 Å². The number of carbonyl (C=O) groups is 1. The molecule has 0 radical (unpaired) electrons. The molecule has 2 aromatic rings. The number of benzene rings is 2. The summed E-state index contributed by atoms with van der Waals surface area (Å²) in [4.78, 5) is 17.1. The van der Waals surface area contributed by atoms with Crippen LogP contribution in [0.25, 0.3) is 6.08 Å². The summed E-state index contributed by atoms with van der Waals surface area (Å²) in [6.45, 7) is 0. The minimum Gasteiger partial charge on any atom is -0.508 e. The van der Waals surface area contributed by atoms with E-state index in [1.54, 1.807) is 61.7 Å². The summed E-state index contributed by atoms with van der Waals surface area (Å²) < 4.78 is 9.98. The first-order valence-electron chi connectivity index (χ1n) is 7.95. The Balaban J connectivity index is 2.03. The van der Waals surface area contributed by atoms with E-state index >= 15 is 0 Å². The molecule has 27 heavy (non-hydrogen) atoms. The zero-order valence-corrected chi connectivity index (χ0v) is 15.5. The summed E-state index contributed by atoms with van der Waals surface area (Å²) in [6, 6.07) is 13.5. The second-order valence-corrected chi connectivity index (χ2v) is 6.57. The third-order valence-corrected chi connectivity index (χ3v) is 4.77. The molecule has 0 amide bonds. The first-order valence-corrected chi connectivity index (χ1v) is 8.77. The van der Waals surface area contributed by atoms with E-state index in [9.17, 15) is 15.0 Å². The Morgan fingerprint density at radius 3 is 2.52 bits per heavy atom. The van der Waals surface area contributed by atoms with Gasteiger partial charge in [-0.15, -0.1) is 0 Å². The van der Waals surface area contributed by atoms with Crippen LogP contribution in [0.5, 0.6) is 11.5 Å². The number of aromatic hydroxyl groups is 1. The van der Waals surface area contributed by atoms with Crippen molar-refractivity contribution < 1.29 is 24.5 Å². The molecular formula is C20H17NO5S. The molecule has 0 aliphatic carbocycles. The van der Waals surface area contributed by atoms with Gasteiger partial charge in [0.25, 0.3) is 0 Å². The highest BCUT2D eigenvalue weighted by Gasteiger charge is 2.32. The highest BCUT2D eigenvalue weighted by atomic mass is 32.2. The number of hydrogen-bond acceptors (Lipinski definition) is 7. The number of hydrogen-bond donors (Lipinski definition) is 2. The second kappa shape index (κ2) is 8.01. The minimum absolute atomic E-state index is 0.00958. The Kier molecular flexibility index (Phi) is 5.52. The average molecular weight is 383 g/mol. The molecule has 1 aliphatic heterocycles. The summed E-state index contributed by atoms with van der Waals surface area (Å²) in [6.07, 6.45) is 1.70. The summed E-state index contributed by atoms with van der Waals surface area (Å²) in [5.41, 5.74) is 1.35. The Hall–Kier alpha value is -3.19. The van der Waals surface area contributed by atoms with Gasteiger partial charge < -0.3 is 19.7 Å². The number of phenols is 1. The molecule has 0 bridgehead atoms. The maximum absolute atomic E-state index is 12.2. The zero-order chi connectivity index (χ0) is 19.4. The molecular weight excluding hydrogens is 366 g/mol. The Bertz CT molecular complexity index is 961. The number of nitrogens with zero attached hydrogens (tertiary/aromatic N) is 1. The normalized spacial score (nSPS) is 16.8. The summed E-state index contributed by atoms with van der Waals surface area (Å²) in [5, 5.41) is 20.3. The lowest BCUT2D eigenvalue weighted by atomic mass is 10.1. The predicted molar refractivity (Wildman–Crippen MR) is 105 cm³/mol. The number of aliphatic hydroxyl groups is 1. The van der Waals surface area contributed by atoms with E-state index in [2.05, 4.69) is 4.99 Å². The van der Waals surface area contributed by atoms with E-state index in [-0.39, 0.29) is 17.1 Å². The third kappa shape index (κ3) is 4.15. The number of ether oxygens (including phenoxy) is 2. The van der Waals surface area contributed by atoms with Crippen molar-refractivity contribution in [2.24, 2.45) is 4.99 Å². The maximum atomic E-state index is 12.2. The number of phenolic OH excluding ortho intramolecular Hbond substituents is 1. The number of methoxy groups -OCH3 is 2. The molecule has 1 aliphatic rings. The lowest BCUT2D eigenvalue weighted by Gasteiger charge is -2.03. The van der Waals surface area contributed by atoms with Crippen LogP contribution in [-0.2, 0) is 9.53 Å². The fourth-order valence-electron chi connectivity index (χ4n) is 2.41. The van der Waals surface area contributed by atoms with Crippen molar-refractivity contribution >= 4 is 34.5 Å². The van der Waals surface area contributed by atoms with E-state index in [0.717, 1.165) is 17.3 Å². The topological polar surface area (TPSA) is 88.4 Å². The van der Waals surface area contributed by atoms with Crippen LogP contribution in [0, 0.1) is 0 Å². The molecule has 0 fully saturated rings. The average Bonchev–Trinajstić information content (AvgIpc) is 2.98. The van der Waals surface area contributed by atoms with Crippen molar-refractivity contribution in [1.29, 1.82) is 0 Å². The van der Waals surface area contributed by atoms with Gasteiger partial charge in [0, 0.05) is 6.07 Å². The van der Waals surface area contributed by atoms with Crippen LogP contribution in [-0.4, -0.2) is 35.4 Å². The molecule has 0 saturated carbocycles. The molecule has 3 rings (SSSR count).